The Labute approximate surface area is 154 Å². The molecule has 6 nitrogen and oxygen atoms in total. The molecule has 0 fully saturated rings. The quantitative estimate of drug-likeness (QED) is 0.657. The van der Waals surface area contributed by atoms with Gasteiger partial charge < -0.3 is 14.3 Å². The van der Waals surface area contributed by atoms with E-state index in [1.54, 1.807) is 6.07 Å². The molecule has 2 aromatic heterocycles. The number of nitrogens with zero attached hydrogens (tertiary/aromatic N) is 3. The molecule has 1 N–H and O–H groups in total. The summed E-state index contributed by atoms with van der Waals surface area (Å²) in [6.07, 6.45) is 0. The summed E-state index contributed by atoms with van der Waals surface area (Å²) < 4.78 is 6.59. The van der Waals surface area contributed by atoms with Gasteiger partial charge in [0, 0.05) is 21.3 Å². The highest BCUT2D eigenvalue weighted by molar-refractivity contribution is 9.10. The predicted octanol–water partition coefficient (Wildman–Crippen LogP) is 3.74. The van der Waals surface area contributed by atoms with Crippen LogP contribution in [0.5, 0.6) is 0 Å². The van der Waals surface area contributed by atoms with Crippen molar-refractivity contribution in [1.29, 1.82) is 0 Å². The monoisotopic (exact) mass is 402 g/mol. The summed E-state index contributed by atoms with van der Waals surface area (Å²) in [7, 11) is 3.87. The normalized spacial score (nSPS) is 11.3. The molecule has 0 atom stereocenters. The topological polar surface area (TPSA) is 75.0 Å². The smallest absolute Gasteiger partial charge is 0.264 e. The van der Waals surface area contributed by atoms with Gasteiger partial charge in [0.05, 0.1) is 6.54 Å². The summed E-state index contributed by atoms with van der Waals surface area (Å²) >= 11 is 3.41. The Kier molecular flexibility index (Phi) is 4.87. The molecule has 0 saturated carbocycles. The van der Waals surface area contributed by atoms with Crippen LogP contribution in [0.2, 0.25) is 0 Å². The van der Waals surface area contributed by atoms with Gasteiger partial charge in [0.2, 0.25) is 5.89 Å². The third-order valence-corrected chi connectivity index (χ3v) is 4.38. The minimum Gasteiger partial charge on any atom is -0.418 e. The number of halogens is 1. The number of carbonyl (C=O) groups is 1. The second kappa shape index (κ2) is 6.93. The summed E-state index contributed by atoms with van der Waals surface area (Å²) in [5.41, 5.74) is 3.55. The van der Waals surface area contributed by atoms with Crippen LogP contribution in [-0.4, -0.2) is 40.0 Å². The van der Waals surface area contributed by atoms with Gasteiger partial charge in [-0.1, -0.05) is 28.1 Å². The fourth-order valence-electron chi connectivity index (χ4n) is 2.77. The van der Waals surface area contributed by atoms with Crippen LogP contribution < -0.4 is 0 Å². The minimum atomic E-state index is -0.0353. The van der Waals surface area contributed by atoms with Crippen molar-refractivity contribution in [3.05, 3.63) is 57.0 Å². The third kappa shape index (κ3) is 3.57. The summed E-state index contributed by atoms with van der Waals surface area (Å²) in [4.78, 5) is 18.1. The fourth-order valence-corrected chi connectivity index (χ4v) is 3.17. The number of rotatable bonds is 5. The van der Waals surface area contributed by atoms with Gasteiger partial charge in [0.1, 0.15) is 5.69 Å². The molecule has 0 saturated heterocycles. The number of aromatic nitrogens is 3. The van der Waals surface area contributed by atoms with Gasteiger partial charge in [-0.05, 0) is 45.6 Å². The van der Waals surface area contributed by atoms with Crippen LogP contribution in [0.3, 0.4) is 0 Å². The van der Waals surface area contributed by atoms with Crippen LogP contribution >= 0.6 is 15.9 Å². The molecule has 7 heteroatoms. The average molecular weight is 403 g/mol. The van der Waals surface area contributed by atoms with E-state index in [9.17, 15) is 4.79 Å². The first-order chi connectivity index (χ1) is 11.9. The molecule has 2 heterocycles. The minimum absolute atomic E-state index is 0.0353. The van der Waals surface area contributed by atoms with Crippen LogP contribution in [-0.2, 0) is 6.54 Å². The van der Waals surface area contributed by atoms with E-state index in [0.717, 1.165) is 15.7 Å². The Morgan fingerprint density at radius 3 is 2.72 bits per heavy atom. The van der Waals surface area contributed by atoms with Crippen molar-refractivity contribution in [2.75, 3.05) is 14.1 Å². The van der Waals surface area contributed by atoms with Crippen LogP contribution in [0.4, 0.5) is 0 Å². The first-order valence-corrected chi connectivity index (χ1v) is 8.63. The van der Waals surface area contributed by atoms with E-state index >= 15 is 0 Å². The Hall–Kier alpha value is -2.25. The Bertz CT molecular complexity index is 927. The molecule has 3 aromatic rings. The van der Waals surface area contributed by atoms with Crippen molar-refractivity contribution in [2.24, 2.45) is 0 Å². The second-order valence-electron chi connectivity index (χ2n) is 6.20. The first-order valence-electron chi connectivity index (χ1n) is 7.83. The van der Waals surface area contributed by atoms with E-state index in [1.165, 1.54) is 0 Å². The number of hydrogen-bond acceptors (Lipinski definition) is 5. The molecule has 0 aliphatic carbocycles. The second-order valence-corrected chi connectivity index (χ2v) is 7.12. The average Bonchev–Trinajstić information content (AvgIpc) is 3.10. The number of H-pyrrole nitrogens is 1. The number of hydrogen-bond donors (Lipinski definition) is 1. The van der Waals surface area contributed by atoms with Gasteiger partial charge in [-0.3, -0.25) is 4.79 Å². The lowest BCUT2D eigenvalue weighted by Crippen LogP contribution is -2.10. The third-order valence-electron chi connectivity index (χ3n) is 3.88. The zero-order valence-corrected chi connectivity index (χ0v) is 16.1. The molecule has 1 aromatic carbocycles. The molecular formula is C18H19BrN4O2. The Morgan fingerprint density at radius 2 is 2.04 bits per heavy atom. The first kappa shape index (κ1) is 17.6. The summed E-state index contributed by atoms with van der Waals surface area (Å²) in [6.45, 7) is 4.33. The molecule has 3 rings (SSSR count). The van der Waals surface area contributed by atoms with Crippen molar-refractivity contribution in [3.8, 4) is 11.6 Å². The number of benzene rings is 1. The van der Waals surface area contributed by atoms with E-state index < -0.39 is 0 Å². The van der Waals surface area contributed by atoms with Gasteiger partial charge in [-0.25, -0.2) is 0 Å². The van der Waals surface area contributed by atoms with Crippen molar-refractivity contribution in [2.45, 2.75) is 20.4 Å². The van der Waals surface area contributed by atoms with Crippen molar-refractivity contribution in [1.82, 2.24) is 20.1 Å². The summed E-state index contributed by atoms with van der Waals surface area (Å²) in [6, 6.07) is 7.36. The van der Waals surface area contributed by atoms with Crippen LogP contribution in [0.1, 0.15) is 33.1 Å². The standard InChI is InChI=1S/C18H19BrN4O2/c1-10-15(17(24)12-6-5-7-13(19)8-12)11(2)20-16(10)18-22-21-14(25-18)9-23(3)4/h5-8,20H,9H2,1-4H3. The van der Waals surface area contributed by atoms with E-state index in [-0.39, 0.29) is 5.78 Å². The maximum atomic E-state index is 12.9. The zero-order valence-electron chi connectivity index (χ0n) is 14.6. The van der Waals surface area contributed by atoms with Crippen molar-refractivity contribution < 1.29 is 9.21 Å². The number of carbonyl (C=O) groups excluding carboxylic acids is 1. The SMILES string of the molecule is Cc1[nH]c(-c2nnc(CN(C)C)o2)c(C)c1C(=O)c1cccc(Br)c1. The van der Waals surface area contributed by atoms with E-state index in [2.05, 4.69) is 31.1 Å². The molecule has 0 aliphatic rings. The molecule has 0 radical (unpaired) electrons. The Balaban J connectivity index is 1.98. The maximum Gasteiger partial charge on any atom is 0.264 e. The van der Waals surface area contributed by atoms with Crippen LogP contribution in [0, 0.1) is 13.8 Å². The molecule has 0 amide bonds. The molecule has 0 spiro atoms. The zero-order chi connectivity index (χ0) is 18.1. The highest BCUT2D eigenvalue weighted by Gasteiger charge is 2.23. The highest BCUT2D eigenvalue weighted by atomic mass is 79.9. The van der Waals surface area contributed by atoms with Crippen LogP contribution in [0.15, 0.2) is 33.2 Å². The van der Waals surface area contributed by atoms with Crippen molar-refractivity contribution in [3.63, 3.8) is 0 Å². The lowest BCUT2D eigenvalue weighted by molar-refractivity contribution is 0.103. The van der Waals surface area contributed by atoms with E-state index in [0.29, 0.717) is 35.1 Å². The van der Waals surface area contributed by atoms with Crippen LogP contribution in [0.25, 0.3) is 11.6 Å². The highest BCUT2D eigenvalue weighted by Crippen LogP contribution is 2.29. The number of aromatic amines is 1. The molecule has 0 unspecified atom stereocenters. The molecule has 0 aliphatic heterocycles. The van der Waals surface area contributed by atoms with Gasteiger partial charge in [-0.15, -0.1) is 10.2 Å². The largest absolute Gasteiger partial charge is 0.418 e. The molecule has 130 valence electrons. The summed E-state index contributed by atoms with van der Waals surface area (Å²) in [5.74, 6) is 0.893. The van der Waals surface area contributed by atoms with Gasteiger partial charge >= 0.3 is 0 Å². The van der Waals surface area contributed by atoms with E-state index in [4.69, 9.17) is 4.42 Å². The van der Waals surface area contributed by atoms with Gasteiger partial charge in [0.15, 0.2) is 5.78 Å². The lowest BCUT2D eigenvalue weighted by atomic mass is 10.00. The van der Waals surface area contributed by atoms with E-state index in [1.807, 2.05) is 51.0 Å². The maximum absolute atomic E-state index is 12.9. The van der Waals surface area contributed by atoms with Gasteiger partial charge in [-0.2, -0.15) is 0 Å². The molecular weight excluding hydrogens is 384 g/mol. The lowest BCUT2D eigenvalue weighted by Gasteiger charge is -2.04. The summed E-state index contributed by atoms with van der Waals surface area (Å²) in [5, 5.41) is 8.17. The number of nitrogens with one attached hydrogen (secondary N) is 1. The number of aryl methyl sites for hydroxylation is 1. The van der Waals surface area contributed by atoms with Crippen molar-refractivity contribution >= 4 is 21.7 Å². The molecule has 25 heavy (non-hydrogen) atoms. The fraction of sp³-hybridized carbons (Fsp3) is 0.278. The molecule has 0 bridgehead atoms. The predicted molar refractivity (Wildman–Crippen MR) is 98.5 cm³/mol. The number of ketones is 1. The Morgan fingerprint density at radius 1 is 1.28 bits per heavy atom. The van der Waals surface area contributed by atoms with Gasteiger partial charge in [0.25, 0.3) is 5.89 Å².